The largest absolute Gasteiger partial charge is 0.383 e. The number of aromatic nitrogens is 1. The quantitative estimate of drug-likeness (QED) is 0.770. The molecule has 0 unspecified atom stereocenters. The molecule has 0 spiro atoms. The number of anilines is 1. The smallest absolute Gasteiger partial charge is 0.301 e. The molecule has 0 aliphatic carbocycles. The van der Waals surface area contributed by atoms with Gasteiger partial charge in [-0.2, -0.15) is 18.0 Å². The second kappa shape index (κ2) is 7.46. The molecule has 0 fully saturated rings. The van der Waals surface area contributed by atoms with Gasteiger partial charge >= 0.3 is 10.2 Å². The summed E-state index contributed by atoms with van der Waals surface area (Å²) in [5.41, 5.74) is 2.13. The third-order valence-electron chi connectivity index (χ3n) is 3.48. The van der Waals surface area contributed by atoms with E-state index in [9.17, 15) is 8.42 Å². The summed E-state index contributed by atoms with van der Waals surface area (Å²) in [5, 5.41) is 9.53. The summed E-state index contributed by atoms with van der Waals surface area (Å²) in [6, 6.07) is 9.44. The summed E-state index contributed by atoms with van der Waals surface area (Å²) in [6.07, 6.45) is 0.123. The van der Waals surface area contributed by atoms with E-state index >= 15 is 0 Å². The number of aryl methyl sites for hydroxylation is 1. The highest BCUT2D eigenvalue weighted by Crippen LogP contribution is 2.28. The Balaban J connectivity index is 2.30. The van der Waals surface area contributed by atoms with Crippen molar-refractivity contribution in [2.75, 3.05) is 31.5 Å². The van der Waals surface area contributed by atoms with Gasteiger partial charge in [0.1, 0.15) is 0 Å². The van der Waals surface area contributed by atoms with E-state index in [0.29, 0.717) is 5.69 Å². The molecule has 7 nitrogen and oxygen atoms in total. The van der Waals surface area contributed by atoms with Crippen LogP contribution in [0.1, 0.15) is 12.1 Å². The Bertz CT molecular complexity index is 808. The monoisotopic (exact) mass is 336 g/mol. The van der Waals surface area contributed by atoms with Crippen molar-refractivity contribution in [2.24, 2.45) is 0 Å². The summed E-state index contributed by atoms with van der Waals surface area (Å²) in [5.74, 6) is 0. The first kappa shape index (κ1) is 17.3. The minimum atomic E-state index is -3.77. The first-order valence-corrected chi connectivity index (χ1v) is 8.64. The van der Waals surface area contributed by atoms with Gasteiger partial charge in [-0.1, -0.05) is 18.2 Å². The van der Waals surface area contributed by atoms with Gasteiger partial charge in [-0.25, -0.2) is 0 Å². The molecule has 2 aromatic rings. The van der Waals surface area contributed by atoms with Crippen LogP contribution in [0.2, 0.25) is 0 Å². The van der Waals surface area contributed by atoms with Crippen molar-refractivity contribution in [3.8, 4) is 6.07 Å². The molecule has 23 heavy (non-hydrogen) atoms. The number of hydrogen-bond acceptors (Lipinski definition) is 4. The molecule has 0 saturated carbocycles. The SMILES string of the molecule is COCCN(CCC#N)S(=O)(=O)Nc1c(C)[nH]c2ccccc12. The fourth-order valence-electron chi connectivity index (χ4n) is 2.32. The molecule has 2 rings (SSSR count). The Morgan fingerprint density at radius 3 is 2.78 bits per heavy atom. The Labute approximate surface area is 136 Å². The number of aromatic amines is 1. The maximum Gasteiger partial charge on any atom is 0.301 e. The number of H-pyrrole nitrogens is 1. The van der Waals surface area contributed by atoms with Crippen molar-refractivity contribution in [1.82, 2.24) is 9.29 Å². The van der Waals surface area contributed by atoms with Crippen molar-refractivity contribution in [2.45, 2.75) is 13.3 Å². The number of benzene rings is 1. The zero-order valence-corrected chi connectivity index (χ0v) is 14.0. The van der Waals surface area contributed by atoms with Crippen LogP contribution in [0, 0.1) is 18.3 Å². The van der Waals surface area contributed by atoms with E-state index in [1.54, 1.807) is 0 Å². The van der Waals surface area contributed by atoms with Crippen molar-refractivity contribution in [3.63, 3.8) is 0 Å². The number of hydrogen-bond donors (Lipinski definition) is 2. The normalized spacial score (nSPS) is 11.7. The summed E-state index contributed by atoms with van der Waals surface area (Å²) in [6.45, 7) is 2.39. The summed E-state index contributed by atoms with van der Waals surface area (Å²) in [4.78, 5) is 3.15. The molecule has 0 radical (unpaired) electrons. The number of nitrogens with one attached hydrogen (secondary N) is 2. The average Bonchev–Trinajstić information content (AvgIpc) is 2.83. The highest BCUT2D eigenvalue weighted by molar-refractivity contribution is 7.90. The summed E-state index contributed by atoms with van der Waals surface area (Å²) in [7, 11) is -2.27. The number of rotatable bonds is 8. The van der Waals surface area contributed by atoms with Crippen molar-refractivity contribution in [3.05, 3.63) is 30.0 Å². The topological polar surface area (TPSA) is 98.2 Å². The van der Waals surface area contributed by atoms with Crippen LogP contribution in [0.5, 0.6) is 0 Å². The molecule has 2 N–H and O–H groups in total. The second-order valence-electron chi connectivity index (χ2n) is 5.08. The van der Waals surface area contributed by atoms with Gasteiger partial charge in [0, 0.05) is 43.2 Å². The molecule has 0 saturated heterocycles. The van der Waals surface area contributed by atoms with E-state index in [1.165, 1.54) is 11.4 Å². The number of fused-ring (bicyclic) bond motifs is 1. The third-order valence-corrected chi connectivity index (χ3v) is 4.99. The Morgan fingerprint density at radius 1 is 1.35 bits per heavy atom. The van der Waals surface area contributed by atoms with Crippen LogP contribution in [0.3, 0.4) is 0 Å². The zero-order chi connectivity index (χ0) is 16.9. The van der Waals surface area contributed by atoms with Gasteiger partial charge < -0.3 is 9.72 Å². The molecule has 1 aromatic carbocycles. The maximum absolute atomic E-state index is 12.6. The first-order valence-electron chi connectivity index (χ1n) is 7.20. The van der Waals surface area contributed by atoms with Crippen LogP contribution in [0.15, 0.2) is 24.3 Å². The maximum atomic E-state index is 12.6. The van der Waals surface area contributed by atoms with Crippen LogP contribution in [-0.2, 0) is 14.9 Å². The van der Waals surface area contributed by atoms with Gasteiger partial charge in [-0.3, -0.25) is 4.72 Å². The molecule has 0 atom stereocenters. The third kappa shape index (κ3) is 4.01. The minimum Gasteiger partial charge on any atom is -0.383 e. The van der Waals surface area contributed by atoms with Gasteiger partial charge in [0.15, 0.2) is 0 Å². The fraction of sp³-hybridized carbons (Fsp3) is 0.400. The fourth-order valence-corrected chi connectivity index (χ4v) is 3.62. The Hall–Kier alpha value is -2.08. The van der Waals surface area contributed by atoms with E-state index in [0.717, 1.165) is 16.6 Å². The van der Waals surface area contributed by atoms with Gasteiger partial charge in [0.05, 0.1) is 18.4 Å². The number of nitrogens with zero attached hydrogens (tertiary/aromatic N) is 2. The molecule has 0 aliphatic rings. The summed E-state index contributed by atoms with van der Waals surface area (Å²) < 4.78 is 34.1. The number of nitriles is 1. The van der Waals surface area contributed by atoms with Gasteiger partial charge in [-0.15, -0.1) is 0 Å². The average molecular weight is 336 g/mol. The highest BCUT2D eigenvalue weighted by Gasteiger charge is 2.23. The lowest BCUT2D eigenvalue weighted by atomic mass is 10.2. The molecular formula is C15H20N4O3S. The molecule has 8 heteroatoms. The number of ether oxygens (including phenoxy) is 1. The molecule has 1 aromatic heterocycles. The number of methoxy groups -OCH3 is 1. The van der Waals surface area contributed by atoms with Crippen LogP contribution in [-0.4, -0.2) is 44.5 Å². The van der Waals surface area contributed by atoms with Crippen molar-refractivity contribution < 1.29 is 13.2 Å². The van der Waals surface area contributed by atoms with Crippen LogP contribution >= 0.6 is 0 Å². The van der Waals surface area contributed by atoms with Crippen LogP contribution < -0.4 is 4.72 Å². The first-order chi connectivity index (χ1) is 11.0. The van der Waals surface area contributed by atoms with Gasteiger partial charge in [0.2, 0.25) is 0 Å². The van der Waals surface area contributed by atoms with E-state index in [2.05, 4.69) is 9.71 Å². The second-order valence-corrected chi connectivity index (χ2v) is 6.75. The van der Waals surface area contributed by atoms with E-state index in [1.807, 2.05) is 37.3 Å². The Kier molecular flexibility index (Phi) is 5.60. The minimum absolute atomic E-state index is 0.122. The lowest BCUT2D eigenvalue weighted by Gasteiger charge is -2.21. The zero-order valence-electron chi connectivity index (χ0n) is 13.2. The van der Waals surface area contributed by atoms with Crippen LogP contribution in [0.4, 0.5) is 5.69 Å². The molecule has 1 heterocycles. The number of para-hydroxylation sites is 1. The molecule has 0 aliphatic heterocycles. The van der Waals surface area contributed by atoms with Crippen molar-refractivity contribution in [1.29, 1.82) is 5.26 Å². The lowest BCUT2D eigenvalue weighted by Crippen LogP contribution is -2.38. The van der Waals surface area contributed by atoms with Gasteiger partial charge in [0.25, 0.3) is 0 Å². The lowest BCUT2D eigenvalue weighted by molar-refractivity contribution is 0.180. The predicted molar refractivity (Wildman–Crippen MR) is 89.3 cm³/mol. The highest BCUT2D eigenvalue weighted by atomic mass is 32.2. The van der Waals surface area contributed by atoms with Gasteiger partial charge in [-0.05, 0) is 13.0 Å². The molecular weight excluding hydrogens is 316 g/mol. The standard InChI is InChI=1S/C15H20N4O3S/c1-12-15(13-6-3-4-7-14(13)17-12)18-23(20,21)19(9-5-8-16)10-11-22-2/h3-4,6-7,17-18H,5,9-11H2,1-2H3. The molecule has 0 amide bonds. The predicted octanol–water partition coefficient (Wildman–Crippen LogP) is 2.00. The molecule has 124 valence electrons. The summed E-state index contributed by atoms with van der Waals surface area (Å²) >= 11 is 0. The Morgan fingerprint density at radius 2 is 2.09 bits per heavy atom. The van der Waals surface area contributed by atoms with E-state index in [4.69, 9.17) is 10.00 Å². The van der Waals surface area contributed by atoms with E-state index in [-0.39, 0.29) is 26.1 Å². The van der Waals surface area contributed by atoms with Crippen LogP contribution in [0.25, 0.3) is 10.9 Å². The van der Waals surface area contributed by atoms with E-state index < -0.39 is 10.2 Å². The molecule has 0 bridgehead atoms. The van der Waals surface area contributed by atoms with Crippen molar-refractivity contribution >= 4 is 26.8 Å².